The molecule has 0 saturated heterocycles. The van der Waals surface area contributed by atoms with Gasteiger partial charge < -0.3 is 4.90 Å². The SMILES string of the molecule is Cn1ncc2cc(-c3cc(F)c(CN4Cc5ncccc5C4=O)c(F)c3)ccc21. The van der Waals surface area contributed by atoms with E-state index in [0.29, 0.717) is 22.4 Å². The van der Waals surface area contributed by atoms with Crippen LogP contribution >= 0.6 is 0 Å². The Morgan fingerprint density at radius 1 is 1.07 bits per heavy atom. The number of halogens is 2. The second-order valence-electron chi connectivity index (χ2n) is 7.12. The zero-order valence-corrected chi connectivity index (χ0v) is 15.6. The van der Waals surface area contributed by atoms with E-state index in [1.807, 2.05) is 25.2 Å². The normalized spacial score (nSPS) is 13.3. The third kappa shape index (κ3) is 2.86. The Balaban J connectivity index is 1.46. The van der Waals surface area contributed by atoms with E-state index in [2.05, 4.69) is 10.1 Å². The van der Waals surface area contributed by atoms with Crippen LogP contribution in [0.4, 0.5) is 8.78 Å². The maximum absolute atomic E-state index is 14.8. The molecule has 2 aromatic carbocycles. The number of carbonyl (C=O) groups is 1. The zero-order chi connectivity index (χ0) is 20.1. The van der Waals surface area contributed by atoms with Crippen LogP contribution in [0.15, 0.2) is 54.9 Å². The summed E-state index contributed by atoms with van der Waals surface area (Å²) in [5, 5.41) is 5.08. The molecule has 0 radical (unpaired) electrons. The van der Waals surface area contributed by atoms with Crippen LogP contribution in [0.3, 0.4) is 0 Å². The van der Waals surface area contributed by atoms with Crippen molar-refractivity contribution in [3.05, 3.63) is 83.3 Å². The molecule has 0 spiro atoms. The Morgan fingerprint density at radius 2 is 1.86 bits per heavy atom. The van der Waals surface area contributed by atoms with E-state index in [1.54, 1.807) is 29.2 Å². The van der Waals surface area contributed by atoms with E-state index in [-0.39, 0.29) is 24.6 Å². The molecule has 2 aromatic heterocycles. The molecule has 144 valence electrons. The van der Waals surface area contributed by atoms with Gasteiger partial charge in [0.15, 0.2) is 0 Å². The van der Waals surface area contributed by atoms with Crippen LogP contribution in [0.25, 0.3) is 22.0 Å². The van der Waals surface area contributed by atoms with E-state index in [9.17, 15) is 13.6 Å². The van der Waals surface area contributed by atoms with Crippen molar-refractivity contribution in [3.8, 4) is 11.1 Å². The lowest BCUT2D eigenvalue weighted by molar-refractivity contribution is 0.0763. The molecule has 1 aliphatic rings. The number of aryl methyl sites for hydroxylation is 1. The molecule has 1 amide bonds. The lowest BCUT2D eigenvalue weighted by atomic mass is 10.0. The van der Waals surface area contributed by atoms with E-state index in [1.165, 1.54) is 17.0 Å². The van der Waals surface area contributed by atoms with Crippen LogP contribution in [0.1, 0.15) is 21.6 Å². The van der Waals surface area contributed by atoms with E-state index in [4.69, 9.17) is 0 Å². The molecule has 0 saturated carbocycles. The maximum Gasteiger partial charge on any atom is 0.256 e. The van der Waals surface area contributed by atoms with Crippen molar-refractivity contribution in [1.29, 1.82) is 0 Å². The van der Waals surface area contributed by atoms with Crippen LogP contribution in [0, 0.1) is 11.6 Å². The third-order valence-corrected chi connectivity index (χ3v) is 5.32. The van der Waals surface area contributed by atoms with Crippen molar-refractivity contribution in [2.24, 2.45) is 7.05 Å². The fourth-order valence-corrected chi connectivity index (χ4v) is 3.76. The van der Waals surface area contributed by atoms with Gasteiger partial charge in [-0.15, -0.1) is 0 Å². The van der Waals surface area contributed by atoms with Gasteiger partial charge in [-0.3, -0.25) is 14.5 Å². The molecule has 7 heteroatoms. The number of amides is 1. The third-order valence-electron chi connectivity index (χ3n) is 5.32. The van der Waals surface area contributed by atoms with E-state index < -0.39 is 11.6 Å². The molecule has 5 nitrogen and oxygen atoms in total. The van der Waals surface area contributed by atoms with Gasteiger partial charge in [0.25, 0.3) is 5.91 Å². The molecule has 1 aliphatic heterocycles. The number of rotatable bonds is 3. The first-order chi connectivity index (χ1) is 14.0. The summed E-state index contributed by atoms with van der Waals surface area (Å²) < 4.78 is 31.4. The minimum atomic E-state index is -0.678. The summed E-state index contributed by atoms with van der Waals surface area (Å²) in [6.45, 7) is 0.0993. The number of pyridine rings is 1. The number of nitrogens with zero attached hydrogens (tertiary/aromatic N) is 4. The van der Waals surface area contributed by atoms with Gasteiger partial charge >= 0.3 is 0 Å². The molecule has 0 atom stereocenters. The van der Waals surface area contributed by atoms with Crippen LogP contribution in [0.5, 0.6) is 0 Å². The highest BCUT2D eigenvalue weighted by molar-refractivity contribution is 5.97. The summed E-state index contributed by atoms with van der Waals surface area (Å²) in [5.74, 6) is -1.62. The Morgan fingerprint density at radius 3 is 2.62 bits per heavy atom. The molecule has 3 heterocycles. The van der Waals surface area contributed by atoms with Gasteiger partial charge in [0, 0.05) is 24.2 Å². The highest BCUT2D eigenvalue weighted by Crippen LogP contribution is 2.29. The molecule has 29 heavy (non-hydrogen) atoms. The standard InChI is InChI=1S/C22H16F2N4O/c1-27-21-5-4-13(7-15(21)10-26-27)14-8-18(23)17(19(24)9-14)11-28-12-20-16(22(28)29)3-2-6-25-20/h2-10H,11-12H2,1H3. The largest absolute Gasteiger partial charge is 0.328 e. The number of fused-ring (bicyclic) bond motifs is 2. The molecule has 0 fully saturated rings. The summed E-state index contributed by atoms with van der Waals surface area (Å²) >= 11 is 0. The van der Waals surface area contributed by atoms with Gasteiger partial charge in [-0.05, 0) is 47.5 Å². The summed E-state index contributed by atoms with van der Waals surface area (Å²) in [6.07, 6.45) is 3.31. The van der Waals surface area contributed by atoms with Gasteiger partial charge in [-0.25, -0.2) is 8.78 Å². The number of aromatic nitrogens is 3. The lowest BCUT2D eigenvalue weighted by Gasteiger charge is -2.17. The second kappa shape index (κ2) is 6.48. The average molecular weight is 390 g/mol. The molecule has 0 aliphatic carbocycles. The molecular weight excluding hydrogens is 374 g/mol. The van der Waals surface area contributed by atoms with Gasteiger partial charge in [-0.2, -0.15) is 5.10 Å². The molecule has 4 aromatic rings. The molecule has 0 bridgehead atoms. The number of hydrogen-bond donors (Lipinski definition) is 0. The fourth-order valence-electron chi connectivity index (χ4n) is 3.76. The van der Waals surface area contributed by atoms with Crippen molar-refractivity contribution in [1.82, 2.24) is 19.7 Å². The molecular formula is C22H16F2N4O. The van der Waals surface area contributed by atoms with Crippen molar-refractivity contribution < 1.29 is 13.6 Å². The Kier molecular flexibility index (Phi) is 3.91. The van der Waals surface area contributed by atoms with Crippen LogP contribution in [-0.4, -0.2) is 25.6 Å². The first-order valence-electron chi connectivity index (χ1n) is 9.14. The first kappa shape index (κ1) is 17.5. The molecule has 0 unspecified atom stereocenters. The predicted molar refractivity (Wildman–Crippen MR) is 104 cm³/mol. The summed E-state index contributed by atoms with van der Waals surface area (Å²) in [5.41, 5.74) is 3.05. The topological polar surface area (TPSA) is 51.0 Å². The lowest BCUT2D eigenvalue weighted by Crippen LogP contribution is -2.24. The highest BCUT2D eigenvalue weighted by Gasteiger charge is 2.29. The Bertz CT molecular complexity index is 1260. The zero-order valence-electron chi connectivity index (χ0n) is 15.6. The maximum atomic E-state index is 14.8. The molecule has 0 N–H and O–H groups in total. The van der Waals surface area contributed by atoms with Crippen LogP contribution in [0.2, 0.25) is 0 Å². The van der Waals surface area contributed by atoms with Crippen molar-refractivity contribution >= 4 is 16.8 Å². The highest BCUT2D eigenvalue weighted by atomic mass is 19.1. The van der Waals surface area contributed by atoms with Crippen LogP contribution < -0.4 is 0 Å². The summed E-state index contributed by atoms with van der Waals surface area (Å²) in [4.78, 5) is 18.0. The quantitative estimate of drug-likeness (QED) is 0.530. The Hall–Kier alpha value is -3.61. The van der Waals surface area contributed by atoms with Gasteiger partial charge in [0.1, 0.15) is 11.6 Å². The van der Waals surface area contributed by atoms with Crippen molar-refractivity contribution in [2.75, 3.05) is 0 Å². The van der Waals surface area contributed by atoms with Crippen LogP contribution in [-0.2, 0) is 20.1 Å². The molecule has 5 rings (SSSR count). The minimum absolute atomic E-state index is 0.127. The van der Waals surface area contributed by atoms with Gasteiger partial charge in [-0.1, -0.05) is 6.07 Å². The van der Waals surface area contributed by atoms with Gasteiger partial charge in [0.2, 0.25) is 0 Å². The summed E-state index contributed by atoms with van der Waals surface area (Å²) in [7, 11) is 1.84. The smallest absolute Gasteiger partial charge is 0.256 e. The van der Waals surface area contributed by atoms with Gasteiger partial charge in [0.05, 0.1) is 36.1 Å². The Labute approximate surface area is 165 Å². The van der Waals surface area contributed by atoms with Crippen molar-refractivity contribution in [2.45, 2.75) is 13.1 Å². The monoisotopic (exact) mass is 390 g/mol. The predicted octanol–water partition coefficient (Wildman–Crippen LogP) is 4.07. The fraction of sp³-hybridized carbons (Fsp3) is 0.136. The van der Waals surface area contributed by atoms with E-state index >= 15 is 0 Å². The van der Waals surface area contributed by atoms with E-state index in [0.717, 1.165) is 10.9 Å². The summed E-state index contributed by atoms with van der Waals surface area (Å²) in [6, 6.07) is 11.5. The number of benzene rings is 2. The second-order valence-corrected chi connectivity index (χ2v) is 7.12. The first-order valence-corrected chi connectivity index (χ1v) is 9.14. The average Bonchev–Trinajstić information content (AvgIpc) is 3.24. The minimum Gasteiger partial charge on any atom is -0.328 e. The van der Waals surface area contributed by atoms with Crippen molar-refractivity contribution in [3.63, 3.8) is 0 Å². The number of hydrogen-bond acceptors (Lipinski definition) is 3. The number of carbonyl (C=O) groups excluding carboxylic acids is 1.